The van der Waals surface area contributed by atoms with Crippen molar-refractivity contribution in [1.29, 1.82) is 0 Å². The Morgan fingerprint density at radius 2 is 2.25 bits per heavy atom. The van der Waals surface area contributed by atoms with Crippen LogP contribution in [-0.4, -0.2) is 19.1 Å². The van der Waals surface area contributed by atoms with Crippen LogP contribution in [0.1, 0.15) is 26.7 Å². The van der Waals surface area contributed by atoms with Crippen molar-refractivity contribution in [3.63, 3.8) is 0 Å². The van der Waals surface area contributed by atoms with Crippen LogP contribution in [-0.2, 0) is 9.53 Å². The average molecular weight is 171 g/mol. The molecule has 3 heteroatoms. The third-order valence-electron chi connectivity index (χ3n) is 1.46. The summed E-state index contributed by atoms with van der Waals surface area (Å²) >= 11 is 0. The monoisotopic (exact) mass is 171 g/mol. The summed E-state index contributed by atoms with van der Waals surface area (Å²) in [7, 11) is 0. The highest BCUT2D eigenvalue weighted by Crippen LogP contribution is 2.00. The highest BCUT2D eigenvalue weighted by molar-refractivity contribution is 5.87. The normalized spacial score (nSPS) is 11.4. The van der Waals surface area contributed by atoms with Gasteiger partial charge in [-0.05, 0) is 33.2 Å². The summed E-state index contributed by atoms with van der Waals surface area (Å²) in [6.07, 6.45) is 3.63. The first-order valence-electron chi connectivity index (χ1n) is 4.26. The Morgan fingerprint density at radius 1 is 1.58 bits per heavy atom. The van der Waals surface area contributed by atoms with E-state index in [2.05, 4.69) is 0 Å². The molecule has 0 rings (SSSR count). The molecule has 3 nitrogen and oxygen atoms in total. The van der Waals surface area contributed by atoms with Gasteiger partial charge in [-0.15, -0.1) is 0 Å². The minimum atomic E-state index is -0.227. The van der Waals surface area contributed by atoms with E-state index in [1.54, 1.807) is 13.8 Å². The summed E-state index contributed by atoms with van der Waals surface area (Å²) in [5, 5.41) is 0. The predicted octanol–water partition coefficient (Wildman–Crippen LogP) is 1.23. The minimum Gasteiger partial charge on any atom is -0.463 e. The van der Waals surface area contributed by atoms with Crippen LogP contribution in [0.3, 0.4) is 0 Å². The van der Waals surface area contributed by atoms with Crippen molar-refractivity contribution in [2.45, 2.75) is 26.7 Å². The van der Waals surface area contributed by atoms with Gasteiger partial charge in [0.25, 0.3) is 0 Å². The van der Waals surface area contributed by atoms with Crippen molar-refractivity contribution >= 4 is 5.97 Å². The SMILES string of the molecule is CCOC(=O)C(C)=CCCCN. The van der Waals surface area contributed by atoms with Crippen molar-refractivity contribution in [1.82, 2.24) is 0 Å². The zero-order valence-corrected chi connectivity index (χ0v) is 7.80. The standard InChI is InChI=1S/C9H17NO2/c1-3-12-9(11)8(2)6-4-5-7-10/h6H,3-5,7,10H2,1-2H3. The van der Waals surface area contributed by atoms with Gasteiger partial charge in [0.05, 0.1) is 6.61 Å². The Labute approximate surface area is 73.6 Å². The molecule has 0 amide bonds. The molecule has 0 atom stereocenters. The van der Waals surface area contributed by atoms with E-state index < -0.39 is 0 Å². The fraction of sp³-hybridized carbons (Fsp3) is 0.667. The van der Waals surface area contributed by atoms with Crippen molar-refractivity contribution in [3.05, 3.63) is 11.6 Å². The van der Waals surface area contributed by atoms with E-state index in [9.17, 15) is 4.79 Å². The zero-order valence-electron chi connectivity index (χ0n) is 7.80. The molecule has 0 bridgehead atoms. The Morgan fingerprint density at radius 3 is 2.75 bits per heavy atom. The maximum absolute atomic E-state index is 11.0. The molecule has 0 saturated heterocycles. The number of carbonyl (C=O) groups is 1. The van der Waals surface area contributed by atoms with Gasteiger partial charge in [-0.1, -0.05) is 6.08 Å². The second-order valence-electron chi connectivity index (χ2n) is 2.54. The lowest BCUT2D eigenvalue weighted by Crippen LogP contribution is -2.05. The van der Waals surface area contributed by atoms with Gasteiger partial charge in [-0.2, -0.15) is 0 Å². The van der Waals surface area contributed by atoms with Crippen molar-refractivity contribution in [2.75, 3.05) is 13.2 Å². The van der Waals surface area contributed by atoms with E-state index in [-0.39, 0.29) is 5.97 Å². The number of carbonyl (C=O) groups excluding carboxylic acids is 1. The summed E-state index contributed by atoms with van der Waals surface area (Å²) in [6.45, 7) is 4.65. The smallest absolute Gasteiger partial charge is 0.333 e. The third kappa shape index (κ3) is 4.91. The van der Waals surface area contributed by atoms with Crippen LogP contribution in [0.25, 0.3) is 0 Å². The van der Waals surface area contributed by atoms with Gasteiger partial charge in [-0.25, -0.2) is 4.79 Å². The number of unbranched alkanes of at least 4 members (excludes halogenated alkanes) is 1. The van der Waals surface area contributed by atoms with Crippen LogP contribution in [0.15, 0.2) is 11.6 Å². The van der Waals surface area contributed by atoms with Gasteiger partial charge in [0, 0.05) is 5.57 Å². The molecule has 2 N–H and O–H groups in total. The summed E-state index contributed by atoms with van der Waals surface area (Å²) < 4.78 is 4.80. The predicted molar refractivity (Wildman–Crippen MR) is 48.7 cm³/mol. The zero-order chi connectivity index (χ0) is 9.40. The van der Waals surface area contributed by atoms with E-state index in [0.29, 0.717) is 18.7 Å². The van der Waals surface area contributed by atoms with Crippen LogP contribution < -0.4 is 5.73 Å². The molecular formula is C9H17NO2. The number of hydrogen-bond donors (Lipinski definition) is 1. The quantitative estimate of drug-likeness (QED) is 0.384. The number of hydrogen-bond acceptors (Lipinski definition) is 3. The molecule has 0 spiro atoms. The molecule has 0 unspecified atom stereocenters. The van der Waals surface area contributed by atoms with Crippen LogP contribution >= 0.6 is 0 Å². The van der Waals surface area contributed by atoms with Crippen molar-refractivity contribution < 1.29 is 9.53 Å². The number of esters is 1. The molecule has 0 aliphatic heterocycles. The molecule has 0 aliphatic rings. The molecule has 0 aromatic rings. The van der Waals surface area contributed by atoms with Crippen molar-refractivity contribution in [3.8, 4) is 0 Å². The minimum absolute atomic E-state index is 0.227. The lowest BCUT2D eigenvalue weighted by Gasteiger charge is -2.00. The Kier molecular flexibility index (Phi) is 6.38. The summed E-state index contributed by atoms with van der Waals surface area (Å²) in [4.78, 5) is 11.0. The van der Waals surface area contributed by atoms with Gasteiger partial charge in [-0.3, -0.25) is 0 Å². The Bertz CT molecular complexity index is 164. The largest absolute Gasteiger partial charge is 0.463 e. The number of nitrogens with two attached hydrogens (primary N) is 1. The fourth-order valence-electron chi connectivity index (χ4n) is 0.765. The molecule has 0 heterocycles. The average Bonchev–Trinajstić information content (AvgIpc) is 2.05. The topological polar surface area (TPSA) is 52.3 Å². The molecule has 0 radical (unpaired) electrons. The number of allylic oxidation sites excluding steroid dienone is 1. The first kappa shape index (κ1) is 11.2. The highest BCUT2D eigenvalue weighted by Gasteiger charge is 2.02. The maximum Gasteiger partial charge on any atom is 0.333 e. The first-order valence-corrected chi connectivity index (χ1v) is 4.26. The fourth-order valence-corrected chi connectivity index (χ4v) is 0.765. The van der Waals surface area contributed by atoms with Gasteiger partial charge in [0.2, 0.25) is 0 Å². The molecule has 0 aromatic heterocycles. The van der Waals surface area contributed by atoms with E-state index in [1.807, 2.05) is 6.08 Å². The lowest BCUT2D eigenvalue weighted by atomic mass is 10.2. The molecule has 0 saturated carbocycles. The van der Waals surface area contributed by atoms with Gasteiger partial charge in [0.1, 0.15) is 0 Å². The maximum atomic E-state index is 11.0. The number of ether oxygens (including phenoxy) is 1. The molecule has 0 aromatic carbocycles. The second kappa shape index (κ2) is 6.85. The van der Waals surface area contributed by atoms with Crippen molar-refractivity contribution in [2.24, 2.45) is 5.73 Å². The Hall–Kier alpha value is -0.830. The molecule has 12 heavy (non-hydrogen) atoms. The second-order valence-corrected chi connectivity index (χ2v) is 2.54. The molecule has 0 fully saturated rings. The summed E-state index contributed by atoms with van der Waals surface area (Å²) in [5.74, 6) is -0.227. The van der Waals surface area contributed by atoms with E-state index in [0.717, 1.165) is 12.8 Å². The van der Waals surface area contributed by atoms with E-state index in [1.165, 1.54) is 0 Å². The van der Waals surface area contributed by atoms with Gasteiger partial charge < -0.3 is 10.5 Å². The molecule has 0 aliphatic carbocycles. The van der Waals surface area contributed by atoms with E-state index in [4.69, 9.17) is 10.5 Å². The van der Waals surface area contributed by atoms with Gasteiger partial charge >= 0.3 is 5.97 Å². The number of rotatable bonds is 5. The van der Waals surface area contributed by atoms with Gasteiger partial charge in [0.15, 0.2) is 0 Å². The lowest BCUT2D eigenvalue weighted by molar-refractivity contribution is -0.138. The molecule has 70 valence electrons. The third-order valence-corrected chi connectivity index (χ3v) is 1.46. The van der Waals surface area contributed by atoms with Crippen LogP contribution in [0.5, 0.6) is 0 Å². The van der Waals surface area contributed by atoms with Crippen LogP contribution in [0.4, 0.5) is 0 Å². The summed E-state index contributed by atoms with van der Waals surface area (Å²) in [6, 6.07) is 0. The molecular weight excluding hydrogens is 154 g/mol. The highest BCUT2D eigenvalue weighted by atomic mass is 16.5. The van der Waals surface area contributed by atoms with E-state index >= 15 is 0 Å². The van der Waals surface area contributed by atoms with Crippen LogP contribution in [0, 0.1) is 0 Å². The van der Waals surface area contributed by atoms with Crippen LogP contribution in [0.2, 0.25) is 0 Å². The first-order chi connectivity index (χ1) is 5.72. The summed E-state index contributed by atoms with van der Waals surface area (Å²) in [5.41, 5.74) is 5.98. The Balaban J connectivity index is 3.74.